The second kappa shape index (κ2) is 16.2. The standard InChI is InChI=1S/Ce.Mn.Sn.W.2H. The van der Waals surface area contributed by atoms with E-state index in [-0.39, 0.29) is 104 Å². The predicted molar refractivity (Wildman–Crippen MR) is 8.54 cm³/mol. The van der Waals surface area contributed by atoms with Crippen LogP contribution in [0.5, 0.6) is 0 Å². The third-order valence-electron chi connectivity index (χ3n) is 0. The summed E-state index contributed by atoms with van der Waals surface area (Å²) in [4.78, 5) is 0. The Labute approximate surface area is 101 Å². The quantitative estimate of drug-likeness (QED) is 0.379. The van der Waals surface area contributed by atoms with E-state index in [1.807, 2.05) is 0 Å². The van der Waals surface area contributed by atoms with Crippen LogP contribution in [0.25, 0.3) is 0 Å². The van der Waals surface area contributed by atoms with Gasteiger partial charge in [-0.2, -0.15) is 0 Å². The van der Waals surface area contributed by atoms with E-state index in [0.29, 0.717) is 0 Å². The van der Waals surface area contributed by atoms with Crippen LogP contribution in [0, 0.1) is 41.7 Å². The molecule has 23 valence electrons. The molecule has 0 amide bonds. The molecule has 0 unspecified atom stereocenters. The van der Waals surface area contributed by atoms with Gasteiger partial charge in [-0.15, -0.1) is 0 Å². The molecule has 0 saturated carbocycles. The molecule has 0 spiro atoms. The van der Waals surface area contributed by atoms with E-state index in [0.717, 1.165) is 0 Å². The molecule has 0 heterocycles. The van der Waals surface area contributed by atoms with E-state index < -0.39 is 0 Å². The Kier molecular flexibility index (Phi) is 106. The second-order valence-electron chi connectivity index (χ2n) is 0. The summed E-state index contributed by atoms with van der Waals surface area (Å²) in [6.07, 6.45) is 0. The third kappa shape index (κ3) is 9.04. The van der Waals surface area contributed by atoms with Crippen molar-refractivity contribution in [1.82, 2.24) is 0 Å². The second-order valence-corrected chi connectivity index (χ2v) is 0. The Balaban J connectivity index is 0. The minimum Gasteiger partial charge on any atom is 0 e. The van der Waals surface area contributed by atoms with E-state index in [1.165, 1.54) is 0 Å². The van der Waals surface area contributed by atoms with Gasteiger partial charge in [0.1, 0.15) is 0 Å². The van der Waals surface area contributed by atoms with Gasteiger partial charge in [0, 0.05) is 79.9 Å². The van der Waals surface area contributed by atoms with Crippen molar-refractivity contribution >= 4 is 23.9 Å². The van der Waals surface area contributed by atoms with Crippen LogP contribution in [0.1, 0.15) is 0 Å². The van der Waals surface area contributed by atoms with Crippen LogP contribution in [0.15, 0.2) is 0 Å². The fourth-order valence-corrected chi connectivity index (χ4v) is 0. The summed E-state index contributed by atoms with van der Waals surface area (Å²) in [5.74, 6) is 0. The monoisotopic (exact) mass is 501 g/mol. The maximum atomic E-state index is 0. The fourth-order valence-electron chi connectivity index (χ4n) is 0. The molecule has 0 nitrogen and oxygen atoms in total. The average molecular weight is 500 g/mol. The molecule has 4 heteroatoms. The first kappa shape index (κ1) is 26.3. The largest absolute Gasteiger partial charge is 0 e. The summed E-state index contributed by atoms with van der Waals surface area (Å²) in [6.45, 7) is 0. The molecule has 0 aromatic heterocycles. The number of rotatable bonds is 0. The van der Waals surface area contributed by atoms with Gasteiger partial charge in [0.05, 0.1) is 0 Å². The van der Waals surface area contributed by atoms with E-state index in [4.69, 9.17) is 0 Å². The molecule has 4 heavy (non-hydrogen) atoms. The van der Waals surface area contributed by atoms with Crippen LogP contribution >= 0.6 is 0 Å². The summed E-state index contributed by atoms with van der Waals surface area (Å²) < 4.78 is 0. The van der Waals surface area contributed by atoms with Gasteiger partial charge >= 0.3 is 23.9 Å². The zero-order valence-corrected chi connectivity index (χ0v) is 13.3. The summed E-state index contributed by atoms with van der Waals surface area (Å²) >= 11 is 0. The first-order chi connectivity index (χ1) is 0. The summed E-state index contributed by atoms with van der Waals surface area (Å²) in [6, 6.07) is 0. The van der Waals surface area contributed by atoms with Gasteiger partial charge in [-0.25, -0.2) is 0 Å². The molecule has 0 aliphatic rings. The zero-order chi connectivity index (χ0) is 0. The topological polar surface area (TPSA) is 0 Å². The van der Waals surface area contributed by atoms with Crippen LogP contribution in [-0.4, -0.2) is 23.9 Å². The van der Waals surface area contributed by atoms with E-state index in [2.05, 4.69) is 0 Å². The first-order valence-corrected chi connectivity index (χ1v) is 0. The molecule has 0 rings (SSSR count). The van der Waals surface area contributed by atoms with E-state index >= 15 is 0 Å². The van der Waals surface area contributed by atoms with Crippen molar-refractivity contribution in [2.24, 2.45) is 0 Å². The minimum absolute atomic E-state index is 0. The van der Waals surface area contributed by atoms with Crippen molar-refractivity contribution in [2.75, 3.05) is 0 Å². The number of hydrogen-bond donors (Lipinski definition) is 0. The summed E-state index contributed by atoms with van der Waals surface area (Å²) in [5, 5.41) is 0. The van der Waals surface area contributed by atoms with E-state index in [9.17, 15) is 0 Å². The predicted octanol–water partition coefficient (Wildman–Crippen LogP) is -0.921. The molecule has 0 atom stereocenters. The Morgan fingerprint density at radius 1 is 1.00 bits per heavy atom. The van der Waals surface area contributed by atoms with E-state index in [1.54, 1.807) is 0 Å². The molecule has 0 bridgehead atoms. The van der Waals surface area contributed by atoms with Crippen LogP contribution in [0.3, 0.4) is 0 Å². The van der Waals surface area contributed by atoms with Gasteiger partial charge in [0.25, 0.3) is 0 Å². The molecule has 0 aromatic rings. The van der Waals surface area contributed by atoms with Crippen molar-refractivity contribution in [2.45, 2.75) is 0 Å². The van der Waals surface area contributed by atoms with Gasteiger partial charge in [-0.05, 0) is 0 Å². The van der Waals surface area contributed by atoms with Crippen LogP contribution < -0.4 is 0 Å². The molecular weight excluding hydrogens is 498 g/mol. The van der Waals surface area contributed by atoms with Crippen molar-refractivity contribution in [3.05, 3.63) is 0 Å². The van der Waals surface area contributed by atoms with Crippen LogP contribution in [0.4, 0.5) is 0 Å². The SMILES string of the molecule is [Ce].[Mn].[SnH2].[W]. The molecule has 0 aliphatic carbocycles. The van der Waals surface area contributed by atoms with Gasteiger partial charge in [0.15, 0.2) is 0 Å². The average Bonchev–Trinajstić information content (AvgIpc) is 0. The molecular formula is H2CeMnSnW. The maximum Gasteiger partial charge on any atom is 0 e. The summed E-state index contributed by atoms with van der Waals surface area (Å²) in [7, 11) is 0. The Morgan fingerprint density at radius 2 is 1.00 bits per heavy atom. The van der Waals surface area contributed by atoms with Crippen molar-refractivity contribution < 1.29 is 79.9 Å². The van der Waals surface area contributed by atoms with Crippen molar-refractivity contribution in [3.63, 3.8) is 0 Å². The zero-order valence-electron chi connectivity index (χ0n) is 1.99. The smallest absolute Gasteiger partial charge is 0 e. The van der Waals surface area contributed by atoms with Gasteiger partial charge in [-0.1, -0.05) is 0 Å². The van der Waals surface area contributed by atoms with Crippen molar-refractivity contribution in [3.8, 4) is 0 Å². The maximum absolute atomic E-state index is 0. The molecule has 0 saturated heterocycles. The van der Waals surface area contributed by atoms with Crippen LogP contribution in [-0.2, 0) is 38.1 Å². The third-order valence-corrected chi connectivity index (χ3v) is 0. The van der Waals surface area contributed by atoms with Gasteiger partial charge in [0.2, 0.25) is 0 Å². The Bertz CT molecular complexity index is 8.00. The first-order valence-electron chi connectivity index (χ1n) is 0. The number of hydrogen-bond acceptors (Lipinski definition) is 0. The normalized spacial score (nSPS) is 0. The molecule has 0 aliphatic heterocycles. The Hall–Kier alpha value is 3.38. The van der Waals surface area contributed by atoms with Gasteiger partial charge in [-0.3, -0.25) is 0 Å². The molecule has 0 fully saturated rings. The molecule has 3 radical (unpaired) electrons. The van der Waals surface area contributed by atoms with Gasteiger partial charge < -0.3 is 0 Å². The molecule has 0 aromatic carbocycles. The minimum atomic E-state index is 0. The molecule has 0 N–H and O–H groups in total. The van der Waals surface area contributed by atoms with Crippen molar-refractivity contribution in [1.29, 1.82) is 0 Å². The van der Waals surface area contributed by atoms with Crippen LogP contribution in [0.2, 0.25) is 0 Å². The fraction of sp³-hybridized carbons (Fsp3) is 0. The summed E-state index contributed by atoms with van der Waals surface area (Å²) in [5.41, 5.74) is 0. The Morgan fingerprint density at radius 3 is 1.00 bits per heavy atom.